The molecule has 2 heterocycles. The molecule has 0 bridgehead atoms. The molecule has 1 fully saturated rings. The highest BCUT2D eigenvalue weighted by Crippen LogP contribution is 2.27. The van der Waals surface area contributed by atoms with E-state index in [9.17, 15) is 0 Å². The Balaban J connectivity index is 1.50. The molecule has 19 heavy (non-hydrogen) atoms. The number of ether oxygens (including phenoxy) is 1. The quantitative estimate of drug-likeness (QED) is 0.921. The van der Waals surface area contributed by atoms with Gasteiger partial charge in [-0.15, -0.1) is 0 Å². The first kappa shape index (κ1) is 13.8. The van der Waals surface area contributed by atoms with Gasteiger partial charge in [0.2, 0.25) is 0 Å². The number of nitrogens with one attached hydrogen (secondary N) is 1. The van der Waals surface area contributed by atoms with Crippen molar-refractivity contribution in [1.29, 1.82) is 0 Å². The summed E-state index contributed by atoms with van der Waals surface area (Å²) >= 11 is 4.20. The Kier molecular flexibility index (Phi) is 5.10. The van der Waals surface area contributed by atoms with E-state index in [1.807, 2.05) is 0 Å². The summed E-state index contributed by atoms with van der Waals surface area (Å²) in [6, 6.07) is 8.70. The van der Waals surface area contributed by atoms with E-state index in [4.69, 9.17) is 4.74 Å². The number of thioether (sulfide) groups is 2. The van der Waals surface area contributed by atoms with Crippen molar-refractivity contribution in [1.82, 2.24) is 5.32 Å². The van der Waals surface area contributed by atoms with Crippen LogP contribution >= 0.6 is 23.5 Å². The summed E-state index contributed by atoms with van der Waals surface area (Å²) in [6.45, 7) is 2.91. The van der Waals surface area contributed by atoms with Gasteiger partial charge in [0.25, 0.3) is 0 Å². The van der Waals surface area contributed by atoms with Crippen LogP contribution in [0.5, 0.6) is 0 Å². The molecule has 0 radical (unpaired) electrons. The number of hydrogen-bond acceptors (Lipinski definition) is 4. The fourth-order valence-corrected chi connectivity index (χ4v) is 5.32. The normalized spacial score (nSPS) is 26.9. The molecule has 0 amide bonds. The minimum atomic E-state index is 0.242. The van der Waals surface area contributed by atoms with Crippen molar-refractivity contribution in [3.63, 3.8) is 0 Å². The van der Waals surface area contributed by atoms with Gasteiger partial charge >= 0.3 is 0 Å². The molecule has 1 aromatic rings. The van der Waals surface area contributed by atoms with E-state index in [0.717, 1.165) is 31.4 Å². The lowest BCUT2D eigenvalue weighted by Gasteiger charge is -2.27. The maximum absolute atomic E-state index is 5.92. The van der Waals surface area contributed by atoms with Gasteiger partial charge in [0, 0.05) is 35.6 Å². The lowest BCUT2D eigenvalue weighted by atomic mass is 9.97. The number of benzene rings is 1. The van der Waals surface area contributed by atoms with Gasteiger partial charge in [0.15, 0.2) is 0 Å². The number of rotatable bonds is 4. The van der Waals surface area contributed by atoms with Gasteiger partial charge < -0.3 is 10.1 Å². The standard InChI is InChI=1S/C15H21NOS2/c1-2-4-14-12(3-1)5-6-17-15(14)10-16-9-13-11-18-7-8-19-13/h1-4,13,15-16H,5-11H2. The van der Waals surface area contributed by atoms with Crippen molar-refractivity contribution in [2.75, 3.05) is 37.0 Å². The van der Waals surface area contributed by atoms with Crippen LogP contribution in [0.4, 0.5) is 0 Å². The fraction of sp³-hybridized carbons (Fsp3) is 0.600. The molecule has 2 nitrogen and oxygen atoms in total. The molecule has 0 saturated carbocycles. The third-order valence-corrected chi connectivity index (χ3v) is 6.52. The van der Waals surface area contributed by atoms with Gasteiger partial charge in [-0.25, -0.2) is 0 Å². The molecule has 104 valence electrons. The van der Waals surface area contributed by atoms with Crippen LogP contribution in [0.3, 0.4) is 0 Å². The second-order valence-electron chi connectivity index (χ2n) is 5.03. The first-order valence-electron chi connectivity index (χ1n) is 7.03. The molecule has 2 aliphatic heterocycles. The van der Waals surface area contributed by atoms with Gasteiger partial charge in [-0.3, -0.25) is 0 Å². The van der Waals surface area contributed by atoms with E-state index in [1.165, 1.54) is 28.4 Å². The maximum atomic E-state index is 5.92. The zero-order valence-corrected chi connectivity index (χ0v) is 12.8. The van der Waals surface area contributed by atoms with Gasteiger partial charge in [-0.05, 0) is 17.5 Å². The highest BCUT2D eigenvalue weighted by Gasteiger charge is 2.21. The van der Waals surface area contributed by atoms with E-state index in [1.54, 1.807) is 0 Å². The zero-order chi connectivity index (χ0) is 12.9. The summed E-state index contributed by atoms with van der Waals surface area (Å²) in [5, 5.41) is 4.38. The molecule has 2 unspecified atom stereocenters. The van der Waals surface area contributed by atoms with E-state index in [2.05, 4.69) is 53.1 Å². The molecule has 1 saturated heterocycles. The van der Waals surface area contributed by atoms with Crippen LogP contribution in [0.25, 0.3) is 0 Å². The second-order valence-corrected chi connectivity index (χ2v) is 7.59. The van der Waals surface area contributed by atoms with Crippen LogP contribution in [0, 0.1) is 0 Å². The Morgan fingerprint density at radius 2 is 2.16 bits per heavy atom. The molecule has 1 N–H and O–H groups in total. The molecular weight excluding hydrogens is 274 g/mol. The van der Waals surface area contributed by atoms with Crippen molar-refractivity contribution in [3.05, 3.63) is 35.4 Å². The summed E-state index contributed by atoms with van der Waals surface area (Å²) < 4.78 is 5.92. The predicted octanol–water partition coefficient (Wildman–Crippen LogP) is 2.74. The Morgan fingerprint density at radius 3 is 3.05 bits per heavy atom. The monoisotopic (exact) mass is 295 g/mol. The van der Waals surface area contributed by atoms with Crippen LogP contribution in [0.15, 0.2) is 24.3 Å². The zero-order valence-electron chi connectivity index (χ0n) is 11.1. The molecule has 0 aromatic heterocycles. The van der Waals surface area contributed by atoms with Crippen molar-refractivity contribution in [2.45, 2.75) is 17.8 Å². The van der Waals surface area contributed by atoms with E-state index in [-0.39, 0.29) is 6.10 Å². The van der Waals surface area contributed by atoms with Crippen LogP contribution < -0.4 is 5.32 Å². The lowest BCUT2D eigenvalue weighted by molar-refractivity contribution is 0.0427. The average molecular weight is 295 g/mol. The van der Waals surface area contributed by atoms with Crippen molar-refractivity contribution in [2.24, 2.45) is 0 Å². The summed E-state index contributed by atoms with van der Waals surface area (Å²) in [5.74, 6) is 3.92. The molecule has 1 aromatic carbocycles. The molecule has 2 atom stereocenters. The highest BCUT2D eigenvalue weighted by molar-refractivity contribution is 8.06. The Labute approximate surface area is 124 Å². The molecule has 0 aliphatic carbocycles. The van der Waals surface area contributed by atoms with Crippen molar-refractivity contribution >= 4 is 23.5 Å². The fourth-order valence-electron chi connectivity index (χ4n) is 2.68. The van der Waals surface area contributed by atoms with Crippen molar-refractivity contribution < 1.29 is 4.74 Å². The van der Waals surface area contributed by atoms with Gasteiger partial charge in [0.05, 0.1) is 12.7 Å². The maximum Gasteiger partial charge on any atom is 0.0952 e. The third-order valence-electron chi connectivity index (χ3n) is 3.68. The lowest BCUT2D eigenvalue weighted by Crippen LogP contribution is -2.33. The largest absolute Gasteiger partial charge is 0.372 e. The van der Waals surface area contributed by atoms with Crippen molar-refractivity contribution in [3.8, 4) is 0 Å². The second kappa shape index (κ2) is 7.02. The minimum absolute atomic E-state index is 0.242. The molecule has 0 spiro atoms. The summed E-state index contributed by atoms with van der Waals surface area (Å²) in [4.78, 5) is 0. The number of hydrogen-bond donors (Lipinski definition) is 1. The first-order valence-corrected chi connectivity index (χ1v) is 9.23. The Hall–Kier alpha value is -0.160. The minimum Gasteiger partial charge on any atom is -0.372 e. The number of fused-ring (bicyclic) bond motifs is 1. The summed E-state index contributed by atoms with van der Waals surface area (Å²) in [6.07, 6.45) is 1.30. The van der Waals surface area contributed by atoms with E-state index >= 15 is 0 Å². The molecule has 4 heteroatoms. The van der Waals surface area contributed by atoms with Crippen LogP contribution in [-0.4, -0.2) is 42.2 Å². The summed E-state index contributed by atoms with van der Waals surface area (Å²) in [7, 11) is 0. The van der Waals surface area contributed by atoms with Gasteiger partial charge in [-0.1, -0.05) is 24.3 Å². The Bertz CT molecular complexity index is 407. The third kappa shape index (κ3) is 3.69. The summed E-state index contributed by atoms with van der Waals surface area (Å²) in [5.41, 5.74) is 2.84. The average Bonchev–Trinajstić information content (AvgIpc) is 2.49. The Morgan fingerprint density at radius 1 is 1.21 bits per heavy atom. The molecule has 2 aliphatic rings. The SMILES string of the molecule is c1ccc2c(c1)CCOC2CNCC1CSCCS1. The first-order chi connectivity index (χ1) is 9.43. The van der Waals surface area contributed by atoms with E-state index in [0.29, 0.717) is 0 Å². The molecular formula is C15H21NOS2. The van der Waals surface area contributed by atoms with Gasteiger partial charge in [-0.2, -0.15) is 23.5 Å². The van der Waals surface area contributed by atoms with Crippen LogP contribution in [-0.2, 0) is 11.2 Å². The smallest absolute Gasteiger partial charge is 0.0952 e. The predicted molar refractivity (Wildman–Crippen MR) is 85.3 cm³/mol. The topological polar surface area (TPSA) is 21.3 Å². The van der Waals surface area contributed by atoms with Crippen LogP contribution in [0.2, 0.25) is 0 Å². The van der Waals surface area contributed by atoms with Gasteiger partial charge in [0.1, 0.15) is 0 Å². The van der Waals surface area contributed by atoms with Crippen LogP contribution in [0.1, 0.15) is 17.2 Å². The van der Waals surface area contributed by atoms with E-state index < -0.39 is 0 Å². The highest BCUT2D eigenvalue weighted by atomic mass is 32.2. The molecule has 3 rings (SSSR count).